The molecule has 0 saturated carbocycles. The molecule has 0 radical (unpaired) electrons. The molecule has 0 unspecified atom stereocenters. The van der Waals surface area contributed by atoms with E-state index in [4.69, 9.17) is 5.11 Å². The second kappa shape index (κ2) is 9.27. The number of carboxylic acid groups (broad SMARTS) is 1. The SMILES string of the molecule is CC(C)(CNCCc1ccccc1)[C@@H](O)C(=O)NCCC(=O)O. The van der Waals surface area contributed by atoms with E-state index in [9.17, 15) is 14.7 Å². The lowest BCUT2D eigenvalue weighted by atomic mass is 9.85. The molecule has 0 saturated heterocycles. The largest absolute Gasteiger partial charge is 0.481 e. The van der Waals surface area contributed by atoms with Gasteiger partial charge in [0.2, 0.25) is 5.91 Å². The minimum absolute atomic E-state index is 0.0166. The number of aliphatic hydroxyl groups excluding tert-OH is 1. The number of aliphatic carboxylic acids is 1. The zero-order chi connectivity index (χ0) is 17.3. The molecule has 128 valence electrons. The van der Waals surface area contributed by atoms with Crippen molar-refractivity contribution in [2.75, 3.05) is 19.6 Å². The summed E-state index contributed by atoms with van der Waals surface area (Å²) in [5.74, 6) is -1.53. The summed E-state index contributed by atoms with van der Waals surface area (Å²) < 4.78 is 0. The van der Waals surface area contributed by atoms with Crippen molar-refractivity contribution in [3.8, 4) is 0 Å². The minimum Gasteiger partial charge on any atom is -0.481 e. The highest BCUT2D eigenvalue weighted by molar-refractivity contribution is 5.81. The molecule has 23 heavy (non-hydrogen) atoms. The predicted octanol–water partition coefficient (Wildman–Crippen LogP) is 0.797. The van der Waals surface area contributed by atoms with E-state index in [1.807, 2.05) is 18.2 Å². The van der Waals surface area contributed by atoms with Crippen LogP contribution in [0.1, 0.15) is 25.8 Å². The highest BCUT2D eigenvalue weighted by Gasteiger charge is 2.33. The van der Waals surface area contributed by atoms with Crippen LogP contribution in [0, 0.1) is 5.41 Å². The fourth-order valence-electron chi connectivity index (χ4n) is 2.13. The Labute approximate surface area is 136 Å². The van der Waals surface area contributed by atoms with Crippen molar-refractivity contribution in [1.82, 2.24) is 10.6 Å². The fraction of sp³-hybridized carbons (Fsp3) is 0.529. The minimum atomic E-state index is -1.19. The first-order valence-electron chi connectivity index (χ1n) is 7.75. The first kappa shape index (κ1) is 19.1. The number of carboxylic acids is 1. The van der Waals surface area contributed by atoms with E-state index in [1.165, 1.54) is 5.56 Å². The number of nitrogens with one attached hydrogen (secondary N) is 2. The van der Waals surface area contributed by atoms with Gasteiger partial charge in [-0.1, -0.05) is 44.2 Å². The van der Waals surface area contributed by atoms with Crippen molar-refractivity contribution < 1.29 is 19.8 Å². The number of amides is 1. The summed E-state index contributed by atoms with van der Waals surface area (Å²) in [5, 5.41) is 24.4. The van der Waals surface area contributed by atoms with Gasteiger partial charge in [-0.05, 0) is 18.5 Å². The number of hydrogen-bond acceptors (Lipinski definition) is 4. The normalized spacial score (nSPS) is 12.7. The molecule has 6 nitrogen and oxygen atoms in total. The lowest BCUT2D eigenvalue weighted by Gasteiger charge is -2.30. The van der Waals surface area contributed by atoms with Gasteiger partial charge in [0.25, 0.3) is 0 Å². The van der Waals surface area contributed by atoms with E-state index in [0.717, 1.165) is 13.0 Å². The first-order chi connectivity index (χ1) is 10.8. The molecular formula is C17H26N2O4. The lowest BCUT2D eigenvalue weighted by Crippen LogP contribution is -2.48. The van der Waals surface area contributed by atoms with Gasteiger partial charge >= 0.3 is 5.97 Å². The Morgan fingerprint density at radius 3 is 2.43 bits per heavy atom. The van der Waals surface area contributed by atoms with Gasteiger partial charge in [-0.2, -0.15) is 0 Å². The van der Waals surface area contributed by atoms with Crippen molar-refractivity contribution >= 4 is 11.9 Å². The molecule has 0 heterocycles. The monoisotopic (exact) mass is 322 g/mol. The average Bonchev–Trinajstić information content (AvgIpc) is 2.51. The molecule has 0 bridgehead atoms. The van der Waals surface area contributed by atoms with Crippen molar-refractivity contribution in [1.29, 1.82) is 0 Å². The molecule has 0 aliphatic rings. The van der Waals surface area contributed by atoms with E-state index in [2.05, 4.69) is 22.8 Å². The van der Waals surface area contributed by atoms with Crippen molar-refractivity contribution in [2.24, 2.45) is 5.41 Å². The topological polar surface area (TPSA) is 98.7 Å². The van der Waals surface area contributed by atoms with Crippen molar-refractivity contribution in [3.05, 3.63) is 35.9 Å². The molecule has 0 aromatic heterocycles. The molecule has 1 atom stereocenters. The van der Waals surface area contributed by atoms with E-state index < -0.39 is 23.4 Å². The lowest BCUT2D eigenvalue weighted by molar-refractivity contribution is -0.137. The summed E-state index contributed by atoms with van der Waals surface area (Å²) in [5.41, 5.74) is 0.578. The molecule has 0 aliphatic heterocycles. The van der Waals surface area contributed by atoms with Crippen LogP contribution in [0.5, 0.6) is 0 Å². The maximum absolute atomic E-state index is 11.8. The molecule has 1 aromatic carbocycles. The van der Waals surface area contributed by atoms with Gasteiger partial charge in [0, 0.05) is 18.5 Å². The number of aliphatic hydroxyl groups is 1. The highest BCUT2D eigenvalue weighted by atomic mass is 16.4. The van der Waals surface area contributed by atoms with Crippen LogP contribution in [0.3, 0.4) is 0 Å². The second-order valence-electron chi connectivity index (χ2n) is 6.24. The summed E-state index contributed by atoms with van der Waals surface area (Å²) in [6, 6.07) is 10.1. The van der Waals surface area contributed by atoms with E-state index in [1.54, 1.807) is 13.8 Å². The maximum Gasteiger partial charge on any atom is 0.305 e. The zero-order valence-corrected chi connectivity index (χ0v) is 13.7. The van der Waals surface area contributed by atoms with Crippen molar-refractivity contribution in [2.45, 2.75) is 32.8 Å². The van der Waals surface area contributed by atoms with E-state index in [-0.39, 0.29) is 13.0 Å². The second-order valence-corrected chi connectivity index (χ2v) is 6.24. The highest BCUT2D eigenvalue weighted by Crippen LogP contribution is 2.19. The third kappa shape index (κ3) is 7.25. The van der Waals surface area contributed by atoms with Crippen LogP contribution in [-0.2, 0) is 16.0 Å². The van der Waals surface area contributed by atoms with Crippen LogP contribution in [-0.4, -0.2) is 47.8 Å². The van der Waals surface area contributed by atoms with Gasteiger partial charge < -0.3 is 20.8 Å². The number of rotatable bonds is 10. The molecule has 1 amide bonds. The maximum atomic E-state index is 11.8. The average molecular weight is 322 g/mol. The van der Waals surface area contributed by atoms with Crippen LogP contribution in [0.4, 0.5) is 0 Å². The molecule has 0 spiro atoms. The summed E-state index contributed by atoms with van der Waals surface area (Å²) in [6.45, 7) is 4.84. The summed E-state index contributed by atoms with van der Waals surface area (Å²) in [7, 11) is 0. The van der Waals surface area contributed by atoms with E-state index >= 15 is 0 Å². The molecule has 1 aromatic rings. The molecule has 6 heteroatoms. The summed E-state index contributed by atoms with van der Waals surface area (Å²) >= 11 is 0. The Morgan fingerprint density at radius 1 is 1.17 bits per heavy atom. The van der Waals surface area contributed by atoms with Crippen LogP contribution >= 0.6 is 0 Å². The third-order valence-electron chi connectivity index (χ3n) is 3.64. The zero-order valence-electron chi connectivity index (χ0n) is 13.7. The van der Waals surface area contributed by atoms with Gasteiger partial charge in [-0.15, -0.1) is 0 Å². The fourth-order valence-corrected chi connectivity index (χ4v) is 2.13. The van der Waals surface area contributed by atoms with Gasteiger partial charge in [0.1, 0.15) is 6.10 Å². The Balaban J connectivity index is 2.32. The van der Waals surface area contributed by atoms with Crippen LogP contribution in [0.25, 0.3) is 0 Å². The first-order valence-corrected chi connectivity index (χ1v) is 7.75. The summed E-state index contributed by atoms with van der Waals surface area (Å²) in [4.78, 5) is 22.3. The Hall–Kier alpha value is -1.92. The quantitative estimate of drug-likeness (QED) is 0.478. The number of benzene rings is 1. The smallest absolute Gasteiger partial charge is 0.305 e. The Kier molecular flexibility index (Phi) is 7.71. The molecule has 0 aliphatic carbocycles. The van der Waals surface area contributed by atoms with Crippen LogP contribution in [0.2, 0.25) is 0 Å². The van der Waals surface area contributed by atoms with Gasteiger partial charge in [-0.25, -0.2) is 0 Å². The van der Waals surface area contributed by atoms with Crippen LogP contribution < -0.4 is 10.6 Å². The number of carbonyl (C=O) groups is 2. The third-order valence-corrected chi connectivity index (χ3v) is 3.64. The van der Waals surface area contributed by atoms with Gasteiger partial charge in [0.15, 0.2) is 0 Å². The van der Waals surface area contributed by atoms with Crippen LogP contribution in [0.15, 0.2) is 30.3 Å². The predicted molar refractivity (Wildman–Crippen MR) is 88.1 cm³/mol. The standard InChI is InChI=1S/C17H26N2O4/c1-17(2,15(22)16(23)19-11-9-14(20)21)12-18-10-8-13-6-4-3-5-7-13/h3-7,15,18,22H,8-12H2,1-2H3,(H,19,23)(H,20,21)/t15-/m0/s1. The molecule has 1 rings (SSSR count). The summed E-state index contributed by atoms with van der Waals surface area (Å²) in [6.07, 6.45) is -0.480. The van der Waals surface area contributed by atoms with E-state index in [0.29, 0.717) is 6.54 Å². The molecule has 4 N–H and O–H groups in total. The van der Waals surface area contributed by atoms with Gasteiger partial charge in [-0.3, -0.25) is 9.59 Å². The number of hydrogen-bond donors (Lipinski definition) is 4. The van der Waals surface area contributed by atoms with Gasteiger partial charge in [0.05, 0.1) is 6.42 Å². The Bertz CT molecular complexity index is 503. The number of carbonyl (C=O) groups excluding carboxylic acids is 1. The molecular weight excluding hydrogens is 296 g/mol. The van der Waals surface area contributed by atoms with Crippen molar-refractivity contribution in [3.63, 3.8) is 0 Å². The molecule has 0 fully saturated rings. The Morgan fingerprint density at radius 2 is 1.83 bits per heavy atom.